The van der Waals surface area contributed by atoms with Crippen molar-refractivity contribution >= 4 is 43.8 Å². The van der Waals surface area contributed by atoms with Crippen LogP contribution in [0.3, 0.4) is 0 Å². The highest BCUT2D eigenvalue weighted by Crippen LogP contribution is 2.48. The number of thiophene rings is 1. The van der Waals surface area contributed by atoms with Gasteiger partial charge in [0.1, 0.15) is 0 Å². The molecule has 3 aromatic rings. The van der Waals surface area contributed by atoms with Crippen LogP contribution in [0.4, 0.5) is 10.7 Å². The quantitative estimate of drug-likeness (QED) is 0.463. The fourth-order valence-electron chi connectivity index (χ4n) is 3.21. The van der Waals surface area contributed by atoms with Crippen LogP contribution in [0.25, 0.3) is 11.1 Å². The first-order valence-corrected chi connectivity index (χ1v) is 12.7. The van der Waals surface area contributed by atoms with E-state index in [2.05, 4.69) is 31.7 Å². The maximum atomic E-state index is 12.8. The normalized spacial score (nSPS) is 12.2. The molecule has 29 heavy (non-hydrogen) atoms. The Morgan fingerprint density at radius 2 is 1.72 bits per heavy atom. The van der Waals surface area contributed by atoms with Gasteiger partial charge in [-0.05, 0) is 54.0 Å². The Morgan fingerprint density at radius 3 is 2.31 bits per heavy atom. The molecule has 0 unspecified atom stereocenters. The number of benzene rings is 2. The number of sulfonamides is 1. The highest BCUT2D eigenvalue weighted by Gasteiger charge is 2.27. The van der Waals surface area contributed by atoms with E-state index < -0.39 is 10.0 Å². The zero-order valence-electron chi connectivity index (χ0n) is 17.2. The van der Waals surface area contributed by atoms with Crippen LogP contribution in [-0.2, 0) is 15.4 Å². The zero-order chi connectivity index (χ0) is 21.4. The van der Waals surface area contributed by atoms with Crippen molar-refractivity contribution in [2.45, 2.75) is 42.2 Å². The van der Waals surface area contributed by atoms with Gasteiger partial charge >= 0.3 is 0 Å². The van der Waals surface area contributed by atoms with Gasteiger partial charge in [-0.15, -0.1) is 23.1 Å². The van der Waals surface area contributed by atoms with Crippen LogP contribution in [-0.4, -0.2) is 14.7 Å². The third-order valence-electron chi connectivity index (χ3n) is 4.57. The van der Waals surface area contributed by atoms with Gasteiger partial charge in [-0.25, -0.2) is 8.42 Å². The second-order valence-corrected chi connectivity index (χ2v) is 11.8. The molecule has 0 saturated heterocycles. The number of anilines is 2. The largest absolute Gasteiger partial charge is 0.390 e. The second kappa shape index (κ2) is 8.05. The van der Waals surface area contributed by atoms with Crippen molar-refractivity contribution in [2.24, 2.45) is 0 Å². The number of hydrogen-bond acceptors (Lipinski definition) is 5. The minimum absolute atomic E-state index is 0.0841. The van der Waals surface area contributed by atoms with Crippen LogP contribution in [0.1, 0.15) is 31.9 Å². The summed E-state index contributed by atoms with van der Waals surface area (Å²) in [4.78, 5) is 0.239. The maximum Gasteiger partial charge on any atom is 0.261 e. The summed E-state index contributed by atoms with van der Waals surface area (Å²) < 4.78 is 29.4. The van der Waals surface area contributed by atoms with Crippen LogP contribution in [0.2, 0.25) is 0 Å². The highest BCUT2D eigenvalue weighted by atomic mass is 32.2. The van der Waals surface area contributed by atoms with Gasteiger partial charge in [0.15, 0.2) is 0 Å². The van der Waals surface area contributed by atoms with Crippen LogP contribution in [0, 0.1) is 6.92 Å². The number of aryl methyl sites for hydroxylation is 1. The lowest BCUT2D eigenvalue weighted by atomic mass is 9.84. The van der Waals surface area contributed by atoms with Gasteiger partial charge in [0.2, 0.25) is 0 Å². The SMILES string of the molecule is CSc1sc(N)c(-c2cccc(NS(=O)(=O)c3ccc(C)cc3)c2)c1C(C)(C)C. The predicted molar refractivity (Wildman–Crippen MR) is 127 cm³/mol. The van der Waals surface area contributed by atoms with Gasteiger partial charge in [0.05, 0.1) is 14.1 Å². The third-order valence-corrected chi connectivity index (χ3v) is 8.11. The van der Waals surface area contributed by atoms with Crippen molar-refractivity contribution in [1.29, 1.82) is 0 Å². The first kappa shape index (κ1) is 21.7. The summed E-state index contributed by atoms with van der Waals surface area (Å²) >= 11 is 3.27. The Kier molecular flexibility index (Phi) is 6.03. The van der Waals surface area contributed by atoms with Gasteiger partial charge in [-0.2, -0.15) is 0 Å². The van der Waals surface area contributed by atoms with E-state index in [4.69, 9.17) is 5.73 Å². The van der Waals surface area contributed by atoms with E-state index in [0.29, 0.717) is 5.69 Å². The summed E-state index contributed by atoms with van der Waals surface area (Å²) in [5, 5.41) is 0.748. The Morgan fingerprint density at radius 1 is 1.07 bits per heavy atom. The van der Waals surface area contributed by atoms with E-state index in [1.165, 1.54) is 9.77 Å². The molecule has 0 atom stereocenters. The fraction of sp³-hybridized carbons (Fsp3) is 0.273. The Labute approximate surface area is 181 Å². The predicted octanol–water partition coefficient (Wildman–Crippen LogP) is 6.13. The maximum absolute atomic E-state index is 12.8. The van der Waals surface area contributed by atoms with Crippen molar-refractivity contribution in [1.82, 2.24) is 0 Å². The van der Waals surface area contributed by atoms with Crippen molar-refractivity contribution < 1.29 is 8.42 Å². The Hall–Kier alpha value is -1.96. The van der Waals surface area contributed by atoms with E-state index >= 15 is 0 Å². The summed E-state index contributed by atoms with van der Waals surface area (Å²) in [7, 11) is -3.66. The molecule has 154 valence electrons. The van der Waals surface area contributed by atoms with Crippen molar-refractivity contribution in [3.05, 3.63) is 59.7 Å². The number of hydrogen-bond donors (Lipinski definition) is 2. The molecule has 0 radical (unpaired) electrons. The average Bonchev–Trinajstić information content (AvgIpc) is 2.99. The molecule has 0 aliphatic carbocycles. The van der Waals surface area contributed by atoms with Crippen molar-refractivity contribution in [2.75, 3.05) is 16.7 Å². The van der Waals surface area contributed by atoms with Gasteiger partial charge in [-0.3, -0.25) is 4.72 Å². The molecule has 0 bridgehead atoms. The number of nitrogens with one attached hydrogen (secondary N) is 1. The number of rotatable bonds is 5. The standard InChI is InChI=1S/C22H26N2O2S3/c1-14-9-11-17(12-10-14)29(25,26)24-16-8-6-7-15(13-16)18-19(22(2,3)4)21(27-5)28-20(18)23/h6-13,24H,23H2,1-5H3. The molecule has 0 aliphatic heterocycles. The van der Waals surface area contributed by atoms with Crippen LogP contribution in [0.15, 0.2) is 57.6 Å². The molecular weight excluding hydrogens is 420 g/mol. The van der Waals surface area contributed by atoms with Crippen molar-refractivity contribution in [3.63, 3.8) is 0 Å². The molecule has 1 heterocycles. The van der Waals surface area contributed by atoms with Crippen LogP contribution < -0.4 is 10.5 Å². The minimum Gasteiger partial charge on any atom is -0.390 e. The van der Waals surface area contributed by atoms with Gasteiger partial charge in [0.25, 0.3) is 10.0 Å². The molecule has 0 aliphatic rings. The molecule has 0 spiro atoms. The van der Waals surface area contributed by atoms with E-state index in [1.807, 2.05) is 25.1 Å². The van der Waals surface area contributed by atoms with Gasteiger partial charge in [0, 0.05) is 11.3 Å². The second-order valence-electron chi connectivity index (χ2n) is 7.96. The number of nitrogens with two attached hydrogens (primary N) is 1. The lowest BCUT2D eigenvalue weighted by Gasteiger charge is -2.22. The number of thioether (sulfide) groups is 1. The smallest absolute Gasteiger partial charge is 0.261 e. The Balaban J connectivity index is 2.03. The molecule has 0 saturated carbocycles. The molecule has 0 fully saturated rings. The summed E-state index contributed by atoms with van der Waals surface area (Å²) in [5.74, 6) is 0. The van der Waals surface area contributed by atoms with E-state index in [-0.39, 0.29) is 10.3 Å². The van der Waals surface area contributed by atoms with Gasteiger partial charge < -0.3 is 5.73 Å². The lowest BCUT2D eigenvalue weighted by Crippen LogP contribution is -2.14. The zero-order valence-corrected chi connectivity index (χ0v) is 19.7. The summed E-state index contributed by atoms with van der Waals surface area (Å²) in [6.45, 7) is 8.43. The minimum atomic E-state index is -3.66. The first-order chi connectivity index (χ1) is 13.5. The monoisotopic (exact) mass is 446 g/mol. The molecule has 4 nitrogen and oxygen atoms in total. The molecule has 2 aromatic carbocycles. The Bertz CT molecular complexity index is 1130. The fourth-order valence-corrected chi connectivity index (χ4v) is 6.50. The molecule has 3 rings (SSSR count). The average molecular weight is 447 g/mol. The van der Waals surface area contributed by atoms with Crippen molar-refractivity contribution in [3.8, 4) is 11.1 Å². The molecule has 0 amide bonds. The third kappa shape index (κ3) is 4.63. The molecular formula is C22H26N2O2S3. The topological polar surface area (TPSA) is 72.2 Å². The molecule has 3 N–H and O–H groups in total. The molecule has 1 aromatic heterocycles. The summed E-state index contributed by atoms with van der Waals surface area (Å²) in [6, 6.07) is 14.2. The first-order valence-electron chi connectivity index (χ1n) is 9.19. The molecule has 7 heteroatoms. The van der Waals surface area contributed by atoms with E-state index in [1.54, 1.807) is 53.4 Å². The van der Waals surface area contributed by atoms with Crippen LogP contribution in [0.5, 0.6) is 0 Å². The summed E-state index contributed by atoms with van der Waals surface area (Å²) in [5.41, 5.74) is 10.9. The van der Waals surface area contributed by atoms with Gasteiger partial charge in [-0.1, -0.05) is 50.6 Å². The van der Waals surface area contributed by atoms with Crippen LogP contribution >= 0.6 is 23.1 Å². The summed E-state index contributed by atoms with van der Waals surface area (Å²) in [6.07, 6.45) is 2.05. The van der Waals surface area contributed by atoms with E-state index in [0.717, 1.165) is 21.7 Å². The highest BCUT2D eigenvalue weighted by molar-refractivity contribution is 8.00. The lowest BCUT2D eigenvalue weighted by molar-refractivity contribution is 0.584. The van der Waals surface area contributed by atoms with E-state index in [9.17, 15) is 8.42 Å². The number of nitrogen functional groups attached to an aromatic ring is 1.